The minimum absolute atomic E-state index is 0.151. The van der Waals surface area contributed by atoms with Crippen LogP contribution in [-0.2, 0) is 6.54 Å². The van der Waals surface area contributed by atoms with Gasteiger partial charge in [0.15, 0.2) is 0 Å². The molecule has 3 aromatic carbocycles. The van der Waals surface area contributed by atoms with E-state index < -0.39 is 5.82 Å². The fourth-order valence-corrected chi connectivity index (χ4v) is 6.56. The fraction of sp³-hybridized carbons (Fsp3) is 0.333. The van der Waals surface area contributed by atoms with E-state index in [-0.39, 0.29) is 23.4 Å². The monoisotopic (exact) mass is 551 g/mol. The quantitative estimate of drug-likeness (QED) is 0.351. The van der Waals surface area contributed by atoms with Gasteiger partial charge in [0, 0.05) is 39.5 Å². The van der Waals surface area contributed by atoms with Gasteiger partial charge < -0.3 is 10.2 Å². The van der Waals surface area contributed by atoms with Crippen LogP contribution in [0, 0.1) is 5.82 Å². The summed E-state index contributed by atoms with van der Waals surface area (Å²) >= 11 is 7.83. The maximum absolute atomic E-state index is 13.8. The van der Waals surface area contributed by atoms with Crippen molar-refractivity contribution in [1.29, 1.82) is 0 Å². The van der Waals surface area contributed by atoms with E-state index in [0.717, 1.165) is 29.3 Å². The normalized spacial score (nSPS) is 17.5. The lowest BCUT2D eigenvalue weighted by Crippen LogP contribution is -2.43. The fourth-order valence-electron chi connectivity index (χ4n) is 5.27. The molecule has 0 saturated carbocycles. The molecular formula is C30H31ClFN3O2S. The SMILES string of the molecule is CCC1CCCCN1CCNC(=O)c1ccc2c(c1)N(Cc1ccc(F)cc1Cl)C(=O)c1ccccc1S2. The second-order valence-corrected chi connectivity index (χ2v) is 11.2. The maximum Gasteiger partial charge on any atom is 0.259 e. The molecule has 8 heteroatoms. The number of piperidine rings is 1. The van der Waals surface area contributed by atoms with E-state index >= 15 is 0 Å². The summed E-state index contributed by atoms with van der Waals surface area (Å²) in [6.07, 6.45) is 4.83. The van der Waals surface area contributed by atoms with E-state index in [1.165, 1.54) is 43.2 Å². The summed E-state index contributed by atoms with van der Waals surface area (Å²) < 4.78 is 13.7. The van der Waals surface area contributed by atoms with Crippen molar-refractivity contribution in [2.24, 2.45) is 0 Å². The number of carbonyl (C=O) groups is 2. The molecule has 2 aliphatic heterocycles. The van der Waals surface area contributed by atoms with Crippen LogP contribution < -0.4 is 10.2 Å². The van der Waals surface area contributed by atoms with Gasteiger partial charge in [0.2, 0.25) is 0 Å². The number of fused-ring (bicyclic) bond motifs is 2. The van der Waals surface area contributed by atoms with Crippen LogP contribution in [0.5, 0.6) is 0 Å². The molecule has 2 heterocycles. The molecule has 1 fully saturated rings. The van der Waals surface area contributed by atoms with Crippen molar-refractivity contribution in [2.75, 3.05) is 24.5 Å². The van der Waals surface area contributed by atoms with Crippen molar-refractivity contribution < 1.29 is 14.0 Å². The zero-order chi connectivity index (χ0) is 26.6. The number of amides is 2. The zero-order valence-electron chi connectivity index (χ0n) is 21.4. The van der Waals surface area contributed by atoms with Gasteiger partial charge in [0.05, 0.1) is 17.8 Å². The van der Waals surface area contributed by atoms with Gasteiger partial charge in [-0.1, -0.05) is 54.9 Å². The van der Waals surface area contributed by atoms with Crippen molar-refractivity contribution in [3.05, 3.63) is 88.2 Å². The molecular weight excluding hydrogens is 521 g/mol. The topological polar surface area (TPSA) is 52.7 Å². The molecule has 5 nitrogen and oxygen atoms in total. The maximum atomic E-state index is 13.8. The van der Waals surface area contributed by atoms with Crippen LogP contribution in [-0.4, -0.2) is 42.4 Å². The Morgan fingerprint density at radius 2 is 1.95 bits per heavy atom. The Morgan fingerprint density at radius 1 is 1.11 bits per heavy atom. The number of nitrogens with zero attached hydrogens (tertiary/aromatic N) is 2. The van der Waals surface area contributed by atoms with Crippen LogP contribution in [0.25, 0.3) is 0 Å². The molecule has 0 radical (unpaired) electrons. The van der Waals surface area contributed by atoms with Crippen LogP contribution >= 0.6 is 23.4 Å². The van der Waals surface area contributed by atoms with Crippen molar-refractivity contribution >= 4 is 40.9 Å². The first kappa shape index (κ1) is 26.7. The van der Waals surface area contributed by atoms with E-state index in [9.17, 15) is 14.0 Å². The number of nitrogens with one attached hydrogen (secondary N) is 1. The summed E-state index contributed by atoms with van der Waals surface area (Å²) in [5.74, 6) is -0.798. The molecule has 3 aromatic rings. The smallest absolute Gasteiger partial charge is 0.259 e. The van der Waals surface area contributed by atoms with E-state index in [2.05, 4.69) is 17.1 Å². The van der Waals surface area contributed by atoms with E-state index in [0.29, 0.717) is 35.0 Å². The first-order valence-electron chi connectivity index (χ1n) is 13.1. The van der Waals surface area contributed by atoms with Gasteiger partial charge in [0.1, 0.15) is 5.82 Å². The van der Waals surface area contributed by atoms with Gasteiger partial charge in [-0.15, -0.1) is 0 Å². The number of likely N-dealkylation sites (tertiary alicyclic amines) is 1. The van der Waals surface area contributed by atoms with Crippen LogP contribution in [0.15, 0.2) is 70.5 Å². The number of rotatable bonds is 7. The number of carbonyl (C=O) groups excluding carboxylic acids is 2. The summed E-state index contributed by atoms with van der Waals surface area (Å²) in [6, 6.07) is 17.7. The molecule has 0 aliphatic carbocycles. The van der Waals surface area contributed by atoms with Crippen molar-refractivity contribution in [3.8, 4) is 0 Å². The predicted molar refractivity (Wildman–Crippen MR) is 151 cm³/mol. The van der Waals surface area contributed by atoms with Crippen molar-refractivity contribution in [3.63, 3.8) is 0 Å². The first-order valence-corrected chi connectivity index (χ1v) is 14.3. The van der Waals surface area contributed by atoms with Gasteiger partial charge in [-0.3, -0.25) is 14.5 Å². The summed E-state index contributed by atoms with van der Waals surface area (Å²) in [5, 5.41) is 3.32. The number of anilines is 1. The van der Waals surface area contributed by atoms with Crippen molar-refractivity contribution in [2.45, 2.75) is 55.0 Å². The molecule has 1 saturated heterocycles. The molecule has 1 unspecified atom stereocenters. The number of hydrogen-bond donors (Lipinski definition) is 1. The third-order valence-corrected chi connectivity index (χ3v) is 8.84. The Hall–Kier alpha value is -2.87. The highest BCUT2D eigenvalue weighted by atomic mass is 35.5. The lowest BCUT2D eigenvalue weighted by molar-refractivity contribution is 0.0932. The van der Waals surface area contributed by atoms with Crippen molar-refractivity contribution in [1.82, 2.24) is 10.2 Å². The second kappa shape index (κ2) is 11.9. The minimum atomic E-state index is -0.434. The van der Waals surface area contributed by atoms with Crippen LogP contribution in [0.4, 0.5) is 10.1 Å². The Balaban J connectivity index is 1.40. The van der Waals surface area contributed by atoms with E-state index in [1.807, 2.05) is 24.3 Å². The summed E-state index contributed by atoms with van der Waals surface area (Å²) in [4.78, 5) is 32.7. The zero-order valence-corrected chi connectivity index (χ0v) is 23.0. The number of halogens is 2. The highest BCUT2D eigenvalue weighted by Gasteiger charge is 2.29. The Labute approximate surface area is 232 Å². The molecule has 2 aliphatic rings. The summed E-state index contributed by atoms with van der Waals surface area (Å²) in [6.45, 7) is 4.85. The number of benzene rings is 3. The molecule has 0 aromatic heterocycles. The van der Waals surface area contributed by atoms with Crippen LogP contribution in [0.3, 0.4) is 0 Å². The van der Waals surface area contributed by atoms with Gasteiger partial charge >= 0.3 is 0 Å². The average molecular weight is 552 g/mol. The lowest BCUT2D eigenvalue weighted by atomic mass is 10.0. The van der Waals surface area contributed by atoms with Gasteiger partial charge in [-0.05, 0) is 73.8 Å². The number of hydrogen-bond acceptors (Lipinski definition) is 4. The molecule has 0 bridgehead atoms. The van der Waals surface area contributed by atoms with E-state index in [4.69, 9.17) is 11.6 Å². The summed E-state index contributed by atoms with van der Waals surface area (Å²) in [7, 11) is 0. The van der Waals surface area contributed by atoms with Crippen LogP contribution in [0.1, 0.15) is 58.9 Å². The van der Waals surface area contributed by atoms with Gasteiger partial charge in [-0.25, -0.2) is 4.39 Å². The third-order valence-electron chi connectivity index (χ3n) is 7.34. The molecule has 5 rings (SSSR count). The Kier molecular flexibility index (Phi) is 8.36. The summed E-state index contributed by atoms with van der Waals surface area (Å²) in [5.41, 5.74) is 2.32. The first-order chi connectivity index (χ1) is 18.4. The average Bonchev–Trinajstić information content (AvgIpc) is 3.04. The Bertz CT molecular complexity index is 1350. The predicted octanol–water partition coefficient (Wildman–Crippen LogP) is 6.79. The highest BCUT2D eigenvalue weighted by molar-refractivity contribution is 7.99. The van der Waals surface area contributed by atoms with Gasteiger partial charge in [0.25, 0.3) is 11.8 Å². The molecule has 2 amide bonds. The third kappa shape index (κ3) is 5.75. The standard InChI is InChI=1S/C30H31ClFN3O2S/c1-2-23-7-5-6-15-34(23)16-14-33-29(36)20-11-13-28-26(17-20)35(19-21-10-12-22(32)18-25(21)31)30(37)24-8-3-4-9-27(24)38-28/h3-4,8-13,17-18,23H,2,5-7,14-16,19H2,1H3,(H,33,36). The minimum Gasteiger partial charge on any atom is -0.351 e. The lowest BCUT2D eigenvalue weighted by Gasteiger charge is -2.35. The van der Waals surface area contributed by atoms with E-state index in [1.54, 1.807) is 29.2 Å². The molecule has 0 spiro atoms. The molecule has 198 valence electrons. The van der Waals surface area contributed by atoms with Crippen LogP contribution in [0.2, 0.25) is 5.02 Å². The Morgan fingerprint density at radius 3 is 2.76 bits per heavy atom. The highest BCUT2D eigenvalue weighted by Crippen LogP contribution is 2.42. The molecule has 1 atom stereocenters. The largest absolute Gasteiger partial charge is 0.351 e. The molecule has 1 N–H and O–H groups in total. The molecule has 38 heavy (non-hydrogen) atoms. The second-order valence-electron chi connectivity index (χ2n) is 9.76. The van der Waals surface area contributed by atoms with Gasteiger partial charge in [-0.2, -0.15) is 0 Å².